The standard InChI is InChI=1S/C9H14N2O3S/c10-1-4-15-7-9(13)11-2-3-14-8(5-11)6-12/h8,12H,2-7H2. The van der Waals surface area contributed by atoms with Crippen LogP contribution in [0.2, 0.25) is 0 Å². The van der Waals surface area contributed by atoms with Crippen LogP contribution in [-0.2, 0) is 9.53 Å². The number of rotatable bonds is 4. The van der Waals surface area contributed by atoms with Crippen LogP contribution in [0.1, 0.15) is 0 Å². The average Bonchev–Trinajstić information content (AvgIpc) is 2.29. The minimum Gasteiger partial charge on any atom is -0.394 e. The average molecular weight is 230 g/mol. The van der Waals surface area contributed by atoms with Crippen molar-refractivity contribution in [2.24, 2.45) is 0 Å². The molecule has 1 N–H and O–H groups in total. The number of nitrogens with zero attached hydrogens (tertiary/aromatic N) is 2. The van der Waals surface area contributed by atoms with Gasteiger partial charge in [0.1, 0.15) is 0 Å². The molecule has 0 aliphatic carbocycles. The van der Waals surface area contributed by atoms with Gasteiger partial charge < -0.3 is 14.7 Å². The monoisotopic (exact) mass is 230 g/mol. The van der Waals surface area contributed by atoms with Gasteiger partial charge in [0, 0.05) is 13.1 Å². The van der Waals surface area contributed by atoms with Crippen molar-refractivity contribution in [2.75, 3.05) is 37.8 Å². The van der Waals surface area contributed by atoms with E-state index < -0.39 is 0 Å². The summed E-state index contributed by atoms with van der Waals surface area (Å²) in [5.74, 6) is 0.669. The van der Waals surface area contributed by atoms with Crippen LogP contribution in [-0.4, -0.2) is 59.8 Å². The van der Waals surface area contributed by atoms with Crippen molar-refractivity contribution in [1.82, 2.24) is 4.90 Å². The Morgan fingerprint density at radius 2 is 2.53 bits per heavy atom. The summed E-state index contributed by atoms with van der Waals surface area (Å²) in [5, 5.41) is 17.2. The molecule has 1 aliphatic heterocycles. The van der Waals surface area contributed by atoms with Crippen LogP contribution in [0.15, 0.2) is 0 Å². The zero-order valence-corrected chi connectivity index (χ0v) is 9.20. The van der Waals surface area contributed by atoms with Crippen LogP contribution in [0.4, 0.5) is 0 Å². The zero-order valence-electron chi connectivity index (χ0n) is 8.39. The highest BCUT2D eigenvalue weighted by atomic mass is 32.2. The molecule has 0 aromatic heterocycles. The number of morpholine rings is 1. The molecule has 0 radical (unpaired) electrons. The number of thioether (sulfide) groups is 1. The van der Waals surface area contributed by atoms with Gasteiger partial charge in [0.25, 0.3) is 0 Å². The van der Waals surface area contributed by atoms with Gasteiger partial charge in [-0.05, 0) is 0 Å². The fourth-order valence-corrected chi connectivity index (χ4v) is 1.88. The summed E-state index contributed by atoms with van der Waals surface area (Å²) in [5.41, 5.74) is 0. The van der Waals surface area contributed by atoms with Crippen molar-refractivity contribution in [3.63, 3.8) is 0 Å². The summed E-state index contributed by atoms with van der Waals surface area (Å²) in [6.07, 6.45) is -0.260. The third-order valence-electron chi connectivity index (χ3n) is 2.09. The summed E-state index contributed by atoms with van der Waals surface area (Å²) in [4.78, 5) is 13.3. The minimum absolute atomic E-state index is 0.0111. The normalized spacial score (nSPS) is 21.1. The minimum atomic E-state index is -0.260. The second-order valence-corrected chi connectivity index (χ2v) is 4.15. The lowest BCUT2D eigenvalue weighted by Crippen LogP contribution is -2.47. The highest BCUT2D eigenvalue weighted by Gasteiger charge is 2.23. The van der Waals surface area contributed by atoms with E-state index in [-0.39, 0.29) is 18.6 Å². The van der Waals surface area contributed by atoms with Crippen molar-refractivity contribution in [1.29, 1.82) is 5.26 Å². The molecule has 0 saturated carbocycles. The third-order valence-corrected chi connectivity index (χ3v) is 2.87. The summed E-state index contributed by atoms with van der Waals surface area (Å²) in [6.45, 7) is 1.43. The maximum atomic E-state index is 11.6. The van der Waals surface area contributed by atoms with E-state index >= 15 is 0 Å². The van der Waals surface area contributed by atoms with Crippen molar-refractivity contribution in [3.8, 4) is 6.07 Å². The van der Waals surface area contributed by atoms with Crippen LogP contribution < -0.4 is 0 Å². The molecule has 1 rings (SSSR count). The third kappa shape index (κ3) is 4.08. The molecular weight excluding hydrogens is 216 g/mol. The van der Waals surface area contributed by atoms with Gasteiger partial charge in [-0.15, -0.1) is 11.8 Å². The Bertz CT molecular complexity index is 254. The second kappa shape index (κ2) is 6.67. The summed E-state index contributed by atoms with van der Waals surface area (Å²) in [7, 11) is 0. The molecular formula is C9H14N2O3S. The van der Waals surface area contributed by atoms with E-state index in [4.69, 9.17) is 15.1 Å². The number of nitriles is 1. The highest BCUT2D eigenvalue weighted by molar-refractivity contribution is 8.00. The van der Waals surface area contributed by atoms with Crippen LogP contribution >= 0.6 is 11.8 Å². The SMILES string of the molecule is N#CCSCC(=O)N1CCOC(CO)C1. The van der Waals surface area contributed by atoms with Crippen molar-refractivity contribution in [2.45, 2.75) is 6.10 Å². The molecule has 5 nitrogen and oxygen atoms in total. The molecule has 0 spiro atoms. The first kappa shape index (κ1) is 12.3. The van der Waals surface area contributed by atoms with Gasteiger partial charge in [-0.3, -0.25) is 4.79 Å². The van der Waals surface area contributed by atoms with Crippen LogP contribution in [0, 0.1) is 11.3 Å². The number of hydrogen-bond donors (Lipinski definition) is 1. The van der Waals surface area contributed by atoms with Crippen molar-refractivity contribution < 1.29 is 14.6 Å². The lowest BCUT2D eigenvalue weighted by molar-refractivity contribution is -0.137. The number of aliphatic hydroxyl groups excluding tert-OH is 1. The quantitative estimate of drug-likeness (QED) is 0.657. The van der Waals surface area contributed by atoms with Crippen LogP contribution in [0.3, 0.4) is 0 Å². The molecule has 1 aliphatic rings. The van der Waals surface area contributed by atoms with E-state index in [9.17, 15) is 4.79 Å². The topological polar surface area (TPSA) is 73.6 Å². The first-order valence-electron chi connectivity index (χ1n) is 4.73. The predicted molar refractivity (Wildman–Crippen MR) is 56.3 cm³/mol. The molecule has 84 valence electrons. The number of aliphatic hydroxyl groups is 1. The van der Waals surface area contributed by atoms with Gasteiger partial charge in [-0.25, -0.2) is 0 Å². The van der Waals surface area contributed by atoms with Gasteiger partial charge in [0.05, 0.1) is 36.9 Å². The molecule has 1 fully saturated rings. The van der Waals surface area contributed by atoms with Gasteiger partial charge in [0.15, 0.2) is 0 Å². The maximum Gasteiger partial charge on any atom is 0.232 e. The Morgan fingerprint density at radius 1 is 1.73 bits per heavy atom. The molecule has 15 heavy (non-hydrogen) atoms. The number of ether oxygens (including phenoxy) is 1. The fraction of sp³-hybridized carbons (Fsp3) is 0.778. The Hall–Kier alpha value is -0.770. The van der Waals surface area contributed by atoms with E-state index in [0.717, 1.165) is 0 Å². The molecule has 1 saturated heterocycles. The Balaban J connectivity index is 2.29. The van der Waals surface area contributed by atoms with Crippen molar-refractivity contribution in [3.05, 3.63) is 0 Å². The van der Waals surface area contributed by atoms with Gasteiger partial charge >= 0.3 is 0 Å². The van der Waals surface area contributed by atoms with E-state index in [1.54, 1.807) is 4.90 Å². The molecule has 6 heteroatoms. The molecule has 0 aromatic carbocycles. The molecule has 1 amide bonds. The first-order chi connectivity index (χ1) is 7.27. The Kier molecular flexibility index (Phi) is 5.47. The van der Waals surface area contributed by atoms with Gasteiger partial charge in [-0.1, -0.05) is 0 Å². The van der Waals surface area contributed by atoms with E-state index in [0.29, 0.717) is 31.2 Å². The molecule has 1 atom stereocenters. The number of carbonyl (C=O) groups excluding carboxylic acids is 1. The van der Waals surface area contributed by atoms with Gasteiger partial charge in [0.2, 0.25) is 5.91 Å². The van der Waals surface area contributed by atoms with Crippen molar-refractivity contribution >= 4 is 17.7 Å². The first-order valence-corrected chi connectivity index (χ1v) is 5.88. The summed E-state index contributed by atoms with van der Waals surface area (Å²) < 4.78 is 5.23. The van der Waals surface area contributed by atoms with E-state index in [2.05, 4.69) is 0 Å². The number of carbonyl (C=O) groups is 1. The molecule has 0 aromatic rings. The molecule has 1 heterocycles. The van der Waals surface area contributed by atoms with E-state index in [1.165, 1.54) is 11.8 Å². The summed E-state index contributed by atoms with van der Waals surface area (Å²) >= 11 is 1.31. The smallest absolute Gasteiger partial charge is 0.232 e. The maximum absolute atomic E-state index is 11.6. The molecule has 0 bridgehead atoms. The van der Waals surface area contributed by atoms with E-state index in [1.807, 2.05) is 6.07 Å². The lowest BCUT2D eigenvalue weighted by Gasteiger charge is -2.31. The predicted octanol–water partition coefficient (Wildman–Crippen LogP) is -0.537. The molecule has 1 unspecified atom stereocenters. The second-order valence-electron chi connectivity index (χ2n) is 3.17. The number of hydrogen-bond acceptors (Lipinski definition) is 5. The number of amides is 1. The van der Waals surface area contributed by atoms with Gasteiger partial charge in [-0.2, -0.15) is 5.26 Å². The fourth-order valence-electron chi connectivity index (χ4n) is 1.33. The largest absolute Gasteiger partial charge is 0.394 e. The van der Waals surface area contributed by atoms with Crippen LogP contribution in [0.25, 0.3) is 0 Å². The lowest BCUT2D eigenvalue weighted by atomic mass is 10.3. The Morgan fingerprint density at radius 3 is 3.20 bits per heavy atom. The van der Waals surface area contributed by atoms with Crippen LogP contribution in [0.5, 0.6) is 0 Å². The zero-order chi connectivity index (χ0) is 11.1. The Labute approximate surface area is 93.0 Å². The summed E-state index contributed by atoms with van der Waals surface area (Å²) in [6, 6.07) is 1.97. The highest BCUT2D eigenvalue weighted by Crippen LogP contribution is 2.08.